The predicted molar refractivity (Wildman–Crippen MR) is 112 cm³/mol. The van der Waals surface area contributed by atoms with E-state index in [1.165, 1.54) is 19.3 Å². The van der Waals surface area contributed by atoms with Crippen LogP contribution in [-0.4, -0.2) is 27.1 Å². The molecule has 4 fully saturated rings. The molecule has 4 aliphatic carbocycles. The smallest absolute Gasteiger partial charge is 0.303 e. The standard InChI is InChI=1S/C24H30N2O3/c27-22(28)7-3-4-8-26-20-6-2-1-5-19(20)12-21(26)23(29)25-24-13-16-9-17(14-24)11-18(10-16)15-24/h1-2,5-6,12,16-18H,3-4,7-11,13-15H2,(H,25,29)(H,27,28). The van der Waals surface area contributed by atoms with Crippen LogP contribution >= 0.6 is 0 Å². The van der Waals surface area contributed by atoms with Crippen LogP contribution in [0.5, 0.6) is 0 Å². The Balaban J connectivity index is 1.38. The number of carboxylic acid groups (broad SMARTS) is 1. The molecular weight excluding hydrogens is 364 g/mol. The largest absolute Gasteiger partial charge is 0.481 e. The average Bonchev–Trinajstić information content (AvgIpc) is 3.02. The van der Waals surface area contributed by atoms with Crippen molar-refractivity contribution in [2.45, 2.75) is 69.9 Å². The van der Waals surface area contributed by atoms with Crippen LogP contribution in [0.3, 0.4) is 0 Å². The van der Waals surface area contributed by atoms with Crippen molar-refractivity contribution >= 4 is 22.8 Å². The van der Waals surface area contributed by atoms with Crippen molar-refractivity contribution in [2.24, 2.45) is 17.8 Å². The lowest BCUT2D eigenvalue weighted by molar-refractivity contribution is -0.137. The molecule has 0 aliphatic heterocycles. The summed E-state index contributed by atoms with van der Waals surface area (Å²) >= 11 is 0. The quantitative estimate of drug-likeness (QED) is 0.675. The number of aryl methyl sites for hydroxylation is 1. The fourth-order valence-corrected chi connectivity index (χ4v) is 6.75. The van der Waals surface area contributed by atoms with E-state index in [1.54, 1.807) is 0 Å². The Bertz CT molecular complexity index is 909. The highest BCUT2D eigenvalue weighted by Gasteiger charge is 2.51. The predicted octanol–water partition coefficient (Wildman–Crippen LogP) is 4.59. The van der Waals surface area contributed by atoms with E-state index in [1.807, 2.05) is 30.3 Å². The molecule has 29 heavy (non-hydrogen) atoms. The first-order valence-electron chi connectivity index (χ1n) is 11.1. The molecule has 6 rings (SSSR count). The van der Waals surface area contributed by atoms with Gasteiger partial charge >= 0.3 is 5.97 Å². The van der Waals surface area contributed by atoms with E-state index in [4.69, 9.17) is 5.11 Å². The van der Waals surface area contributed by atoms with E-state index in [2.05, 4.69) is 9.88 Å². The van der Waals surface area contributed by atoms with Gasteiger partial charge in [0.1, 0.15) is 5.69 Å². The van der Waals surface area contributed by atoms with Gasteiger partial charge < -0.3 is 15.0 Å². The van der Waals surface area contributed by atoms with Gasteiger partial charge in [0.2, 0.25) is 0 Å². The Morgan fingerprint density at radius 2 is 1.69 bits per heavy atom. The molecule has 1 amide bonds. The number of carbonyl (C=O) groups is 2. The number of amides is 1. The highest BCUT2D eigenvalue weighted by Crippen LogP contribution is 2.55. The first-order chi connectivity index (χ1) is 14.0. The Hall–Kier alpha value is -2.30. The van der Waals surface area contributed by atoms with Gasteiger partial charge in [0, 0.05) is 29.4 Å². The number of nitrogens with zero attached hydrogens (tertiary/aromatic N) is 1. The molecule has 1 heterocycles. The molecule has 0 atom stereocenters. The normalized spacial score (nSPS) is 30.0. The van der Waals surface area contributed by atoms with Crippen LogP contribution in [0.4, 0.5) is 0 Å². The molecular formula is C24H30N2O3. The maximum absolute atomic E-state index is 13.4. The van der Waals surface area contributed by atoms with Crippen molar-refractivity contribution in [3.05, 3.63) is 36.0 Å². The summed E-state index contributed by atoms with van der Waals surface area (Å²) in [7, 11) is 0. The van der Waals surface area contributed by atoms with E-state index in [0.29, 0.717) is 13.0 Å². The lowest BCUT2D eigenvalue weighted by Gasteiger charge is -2.56. The van der Waals surface area contributed by atoms with Gasteiger partial charge in [0.05, 0.1) is 0 Å². The van der Waals surface area contributed by atoms with Crippen LogP contribution in [-0.2, 0) is 11.3 Å². The minimum atomic E-state index is -0.762. The summed E-state index contributed by atoms with van der Waals surface area (Å²) in [5.74, 6) is 1.67. The third-order valence-electron chi connectivity index (χ3n) is 7.48. The van der Waals surface area contributed by atoms with Gasteiger partial charge in [0.25, 0.3) is 5.91 Å². The molecule has 5 nitrogen and oxygen atoms in total. The summed E-state index contributed by atoms with van der Waals surface area (Å²) in [5.41, 5.74) is 1.77. The van der Waals surface area contributed by atoms with Crippen molar-refractivity contribution in [3.8, 4) is 0 Å². The van der Waals surface area contributed by atoms with Crippen LogP contribution < -0.4 is 5.32 Å². The van der Waals surface area contributed by atoms with Crippen LogP contribution in [0, 0.1) is 17.8 Å². The third-order valence-corrected chi connectivity index (χ3v) is 7.48. The fraction of sp³-hybridized carbons (Fsp3) is 0.583. The van der Waals surface area contributed by atoms with E-state index >= 15 is 0 Å². The molecule has 4 aliphatic rings. The Morgan fingerprint density at radius 1 is 1.03 bits per heavy atom. The summed E-state index contributed by atoms with van der Waals surface area (Å²) in [6.07, 6.45) is 9.06. The topological polar surface area (TPSA) is 71.3 Å². The zero-order valence-electron chi connectivity index (χ0n) is 16.9. The maximum atomic E-state index is 13.4. The monoisotopic (exact) mass is 394 g/mol. The fourth-order valence-electron chi connectivity index (χ4n) is 6.75. The Morgan fingerprint density at radius 3 is 2.34 bits per heavy atom. The second kappa shape index (κ2) is 7.19. The molecule has 0 unspecified atom stereocenters. The number of aromatic nitrogens is 1. The molecule has 0 spiro atoms. The molecule has 1 aromatic carbocycles. The maximum Gasteiger partial charge on any atom is 0.303 e. The van der Waals surface area contributed by atoms with Crippen LogP contribution in [0.1, 0.15) is 68.3 Å². The Labute approximate surface area is 171 Å². The minimum Gasteiger partial charge on any atom is -0.481 e. The summed E-state index contributed by atoms with van der Waals surface area (Å²) in [6.45, 7) is 0.671. The van der Waals surface area contributed by atoms with E-state index in [-0.39, 0.29) is 17.9 Å². The number of para-hydroxylation sites is 1. The number of benzene rings is 1. The summed E-state index contributed by atoms with van der Waals surface area (Å²) in [4.78, 5) is 24.3. The van der Waals surface area contributed by atoms with Crippen LogP contribution in [0.15, 0.2) is 30.3 Å². The summed E-state index contributed by atoms with van der Waals surface area (Å²) in [5, 5.41) is 13.5. The first-order valence-corrected chi connectivity index (χ1v) is 11.1. The zero-order valence-corrected chi connectivity index (χ0v) is 16.9. The second-order valence-electron chi connectivity index (χ2n) is 9.74. The van der Waals surface area contributed by atoms with Gasteiger partial charge in [-0.2, -0.15) is 0 Å². The molecule has 2 aromatic rings. The average molecular weight is 395 g/mol. The van der Waals surface area contributed by atoms with E-state index in [9.17, 15) is 9.59 Å². The van der Waals surface area contributed by atoms with Gasteiger partial charge in [-0.3, -0.25) is 9.59 Å². The number of rotatable bonds is 7. The molecule has 1 aromatic heterocycles. The molecule has 0 saturated heterocycles. The SMILES string of the molecule is O=C(O)CCCCn1c(C(=O)NC23CC4CC(CC(C4)C2)C3)cc2ccccc21. The van der Waals surface area contributed by atoms with Crippen molar-refractivity contribution in [2.75, 3.05) is 0 Å². The molecule has 4 saturated carbocycles. The minimum absolute atomic E-state index is 0.00355. The molecule has 154 valence electrons. The molecule has 0 radical (unpaired) electrons. The van der Waals surface area contributed by atoms with Crippen molar-refractivity contribution in [1.82, 2.24) is 9.88 Å². The number of carboxylic acids is 1. The van der Waals surface area contributed by atoms with Gasteiger partial charge in [-0.05, 0) is 81.3 Å². The van der Waals surface area contributed by atoms with Gasteiger partial charge in [-0.15, -0.1) is 0 Å². The highest BCUT2D eigenvalue weighted by molar-refractivity contribution is 5.99. The highest BCUT2D eigenvalue weighted by atomic mass is 16.4. The number of nitrogens with one attached hydrogen (secondary N) is 1. The van der Waals surface area contributed by atoms with Crippen molar-refractivity contribution in [1.29, 1.82) is 0 Å². The molecule has 4 bridgehead atoms. The van der Waals surface area contributed by atoms with Crippen LogP contribution in [0.2, 0.25) is 0 Å². The van der Waals surface area contributed by atoms with Crippen molar-refractivity contribution in [3.63, 3.8) is 0 Å². The van der Waals surface area contributed by atoms with Gasteiger partial charge in [-0.1, -0.05) is 18.2 Å². The van der Waals surface area contributed by atoms with Crippen LogP contribution in [0.25, 0.3) is 10.9 Å². The number of carbonyl (C=O) groups excluding carboxylic acids is 1. The molecule has 2 N–H and O–H groups in total. The summed E-state index contributed by atoms with van der Waals surface area (Å²) < 4.78 is 2.09. The van der Waals surface area contributed by atoms with Gasteiger partial charge in [0.15, 0.2) is 0 Å². The second-order valence-corrected chi connectivity index (χ2v) is 9.74. The van der Waals surface area contributed by atoms with Gasteiger partial charge in [-0.25, -0.2) is 0 Å². The number of unbranched alkanes of at least 4 members (excludes halogenated alkanes) is 1. The number of fused-ring (bicyclic) bond motifs is 1. The van der Waals surface area contributed by atoms with Crippen molar-refractivity contribution < 1.29 is 14.7 Å². The Kier molecular flexibility index (Phi) is 4.64. The summed E-state index contributed by atoms with van der Waals surface area (Å²) in [6, 6.07) is 10.1. The third kappa shape index (κ3) is 3.56. The lowest BCUT2D eigenvalue weighted by Crippen LogP contribution is -2.60. The van der Waals surface area contributed by atoms with E-state index in [0.717, 1.165) is 60.0 Å². The first kappa shape index (κ1) is 18.7. The number of aliphatic carboxylic acids is 1. The zero-order chi connectivity index (χ0) is 20.0. The lowest BCUT2D eigenvalue weighted by atomic mass is 9.53. The van der Waals surface area contributed by atoms with E-state index < -0.39 is 5.97 Å². The molecule has 5 heteroatoms. The number of hydrogen-bond donors (Lipinski definition) is 2. The number of hydrogen-bond acceptors (Lipinski definition) is 2.